The predicted molar refractivity (Wildman–Crippen MR) is 46.9 cm³/mol. The first-order valence-corrected chi connectivity index (χ1v) is 4.10. The first-order chi connectivity index (χ1) is 5.72. The van der Waals surface area contributed by atoms with Gasteiger partial charge in [0.2, 0.25) is 0 Å². The van der Waals surface area contributed by atoms with Crippen LogP contribution in [0, 0.1) is 0 Å². The second kappa shape index (κ2) is 6.85. The van der Waals surface area contributed by atoms with Gasteiger partial charge in [-0.15, -0.1) is 0 Å². The van der Waals surface area contributed by atoms with Gasteiger partial charge in [0.05, 0.1) is 6.61 Å². The molecule has 3 nitrogen and oxygen atoms in total. The van der Waals surface area contributed by atoms with Crippen LogP contribution >= 0.6 is 0 Å². The molecule has 12 heavy (non-hydrogen) atoms. The van der Waals surface area contributed by atoms with Crippen LogP contribution in [-0.4, -0.2) is 25.8 Å². The van der Waals surface area contributed by atoms with E-state index in [1.165, 1.54) is 0 Å². The molecule has 0 amide bonds. The van der Waals surface area contributed by atoms with Gasteiger partial charge in [-0.3, -0.25) is 0 Å². The van der Waals surface area contributed by atoms with Crippen molar-refractivity contribution in [3.05, 3.63) is 11.6 Å². The summed E-state index contributed by atoms with van der Waals surface area (Å²) in [5, 5.41) is 0. The lowest BCUT2D eigenvalue weighted by molar-refractivity contribution is -0.140. The fourth-order valence-electron chi connectivity index (χ4n) is 0.569. The Balaban J connectivity index is 3.45. The standard InChI is InChI=1S/C9H16O3/c1-4-8(3)9(10)12-7-6-11-5-2/h4H,5-7H2,1-3H3/b8-4+. The summed E-state index contributed by atoms with van der Waals surface area (Å²) >= 11 is 0. The Morgan fingerprint density at radius 3 is 2.58 bits per heavy atom. The third-order valence-electron chi connectivity index (χ3n) is 1.42. The van der Waals surface area contributed by atoms with Gasteiger partial charge >= 0.3 is 5.97 Å². The molecule has 0 aliphatic carbocycles. The molecule has 3 heteroatoms. The van der Waals surface area contributed by atoms with Gasteiger partial charge in [-0.1, -0.05) is 6.08 Å². The van der Waals surface area contributed by atoms with E-state index in [2.05, 4.69) is 0 Å². The van der Waals surface area contributed by atoms with Crippen LogP contribution in [0.4, 0.5) is 0 Å². The second-order valence-corrected chi connectivity index (χ2v) is 2.30. The van der Waals surface area contributed by atoms with E-state index in [1.807, 2.05) is 6.92 Å². The monoisotopic (exact) mass is 172 g/mol. The van der Waals surface area contributed by atoms with Gasteiger partial charge in [-0.25, -0.2) is 4.79 Å². The van der Waals surface area contributed by atoms with Crippen LogP contribution in [0.3, 0.4) is 0 Å². The number of carbonyl (C=O) groups is 1. The first-order valence-electron chi connectivity index (χ1n) is 4.10. The van der Waals surface area contributed by atoms with Crippen LogP contribution in [0.25, 0.3) is 0 Å². The Morgan fingerprint density at radius 1 is 1.42 bits per heavy atom. The first kappa shape index (κ1) is 11.2. The maximum absolute atomic E-state index is 11.0. The number of allylic oxidation sites excluding steroid dienone is 1. The molecule has 0 heterocycles. The van der Waals surface area contributed by atoms with Crippen LogP contribution in [0.5, 0.6) is 0 Å². The molecule has 0 aromatic rings. The summed E-state index contributed by atoms with van der Waals surface area (Å²) < 4.78 is 9.87. The Kier molecular flexibility index (Phi) is 6.38. The highest BCUT2D eigenvalue weighted by Crippen LogP contribution is 1.95. The maximum Gasteiger partial charge on any atom is 0.333 e. The molecule has 0 rings (SSSR count). The van der Waals surface area contributed by atoms with Gasteiger partial charge < -0.3 is 9.47 Å². The van der Waals surface area contributed by atoms with Crippen molar-refractivity contribution in [1.29, 1.82) is 0 Å². The molecule has 0 N–H and O–H groups in total. The molecule has 0 radical (unpaired) electrons. The van der Waals surface area contributed by atoms with Gasteiger partial charge in [-0.05, 0) is 20.8 Å². The van der Waals surface area contributed by atoms with Crippen molar-refractivity contribution in [3.63, 3.8) is 0 Å². The normalized spacial score (nSPS) is 11.4. The fraction of sp³-hybridized carbons (Fsp3) is 0.667. The zero-order valence-electron chi connectivity index (χ0n) is 7.92. The highest BCUT2D eigenvalue weighted by molar-refractivity contribution is 5.87. The minimum Gasteiger partial charge on any atom is -0.460 e. The largest absolute Gasteiger partial charge is 0.460 e. The highest BCUT2D eigenvalue weighted by atomic mass is 16.6. The topological polar surface area (TPSA) is 35.5 Å². The lowest BCUT2D eigenvalue weighted by atomic mass is 10.3. The van der Waals surface area contributed by atoms with Crippen LogP contribution in [-0.2, 0) is 14.3 Å². The van der Waals surface area contributed by atoms with E-state index in [9.17, 15) is 4.79 Å². The molecule has 0 bridgehead atoms. The quantitative estimate of drug-likeness (QED) is 0.358. The molecular formula is C9H16O3. The third-order valence-corrected chi connectivity index (χ3v) is 1.42. The Morgan fingerprint density at radius 2 is 2.08 bits per heavy atom. The summed E-state index contributed by atoms with van der Waals surface area (Å²) in [5.41, 5.74) is 0.631. The van der Waals surface area contributed by atoms with Crippen molar-refractivity contribution >= 4 is 5.97 Å². The zero-order valence-corrected chi connectivity index (χ0v) is 7.92. The van der Waals surface area contributed by atoms with E-state index >= 15 is 0 Å². The molecule has 0 saturated carbocycles. The summed E-state index contributed by atoms with van der Waals surface area (Å²) in [6.45, 7) is 6.89. The lowest BCUT2D eigenvalue weighted by Crippen LogP contribution is -2.11. The van der Waals surface area contributed by atoms with Crippen molar-refractivity contribution in [3.8, 4) is 0 Å². The van der Waals surface area contributed by atoms with E-state index in [-0.39, 0.29) is 5.97 Å². The molecule has 0 unspecified atom stereocenters. The van der Waals surface area contributed by atoms with Gasteiger partial charge in [0, 0.05) is 12.2 Å². The Bertz CT molecular complexity index is 161. The smallest absolute Gasteiger partial charge is 0.333 e. The molecule has 0 saturated heterocycles. The van der Waals surface area contributed by atoms with Crippen LogP contribution in [0.1, 0.15) is 20.8 Å². The molecule has 0 aromatic heterocycles. The molecule has 0 aromatic carbocycles. The summed E-state index contributed by atoms with van der Waals surface area (Å²) in [5.74, 6) is -0.266. The molecule has 70 valence electrons. The van der Waals surface area contributed by atoms with E-state index < -0.39 is 0 Å². The van der Waals surface area contributed by atoms with E-state index in [0.717, 1.165) is 0 Å². The number of hydrogen-bond donors (Lipinski definition) is 0. The number of rotatable bonds is 5. The number of carbonyl (C=O) groups excluding carboxylic acids is 1. The van der Waals surface area contributed by atoms with E-state index in [4.69, 9.17) is 9.47 Å². The predicted octanol–water partition coefficient (Wildman–Crippen LogP) is 1.53. The molecule has 0 aliphatic heterocycles. The number of ether oxygens (including phenoxy) is 2. The van der Waals surface area contributed by atoms with Crippen molar-refractivity contribution < 1.29 is 14.3 Å². The minimum absolute atomic E-state index is 0.266. The van der Waals surface area contributed by atoms with Gasteiger partial charge in [-0.2, -0.15) is 0 Å². The van der Waals surface area contributed by atoms with E-state index in [0.29, 0.717) is 25.4 Å². The SMILES string of the molecule is C/C=C(\C)C(=O)OCCOCC. The van der Waals surface area contributed by atoms with Crippen LogP contribution < -0.4 is 0 Å². The van der Waals surface area contributed by atoms with Gasteiger partial charge in [0.25, 0.3) is 0 Å². The highest BCUT2D eigenvalue weighted by Gasteiger charge is 2.02. The van der Waals surface area contributed by atoms with Crippen molar-refractivity contribution in [2.24, 2.45) is 0 Å². The molecular weight excluding hydrogens is 156 g/mol. The minimum atomic E-state index is -0.266. The van der Waals surface area contributed by atoms with Crippen molar-refractivity contribution in [2.75, 3.05) is 19.8 Å². The second-order valence-electron chi connectivity index (χ2n) is 2.30. The zero-order chi connectivity index (χ0) is 9.40. The molecule has 0 fully saturated rings. The van der Waals surface area contributed by atoms with Crippen LogP contribution in [0.15, 0.2) is 11.6 Å². The Hall–Kier alpha value is -0.830. The maximum atomic E-state index is 11.0. The average molecular weight is 172 g/mol. The number of esters is 1. The lowest BCUT2D eigenvalue weighted by Gasteiger charge is -2.03. The summed E-state index contributed by atoms with van der Waals surface area (Å²) in [4.78, 5) is 11.0. The van der Waals surface area contributed by atoms with E-state index in [1.54, 1.807) is 19.9 Å². The third kappa shape index (κ3) is 4.91. The van der Waals surface area contributed by atoms with Gasteiger partial charge in [0.15, 0.2) is 0 Å². The summed E-state index contributed by atoms with van der Waals surface area (Å²) in [6.07, 6.45) is 1.73. The number of hydrogen-bond acceptors (Lipinski definition) is 3. The van der Waals surface area contributed by atoms with Crippen molar-refractivity contribution in [1.82, 2.24) is 0 Å². The summed E-state index contributed by atoms with van der Waals surface area (Å²) in [7, 11) is 0. The Labute approximate surface area is 73.4 Å². The average Bonchev–Trinajstić information content (AvgIpc) is 2.10. The molecule has 0 atom stereocenters. The van der Waals surface area contributed by atoms with Crippen LogP contribution in [0.2, 0.25) is 0 Å². The van der Waals surface area contributed by atoms with Crippen molar-refractivity contribution in [2.45, 2.75) is 20.8 Å². The fourth-order valence-corrected chi connectivity index (χ4v) is 0.569. The summed E-state index contributed by atoms with van der Waals surface area (Å²) in [6, 6.07) is 0. The van der Waals surface area contributed by atoms with Gasteiger partial charge in [0.1, 0.15) is 6.61 Å². The molecule has 0 aliphatic rings. The molecule has 0 spiro atoms.